The molecule has 0 bridgehead atoms. The van der Waals surface area contributed by atoms with E-state index in [1.165, 1.54) is 4.31 Å². The number of halogens is 1. The van der Waals surface area contributed by atoms with E-state index >= 15 is 0 Å². The van der Waals surface area contributed by atoms with Crippen LogP contribution in [0.25, 0.3) is 0 Å². The van der Waals surface area contributed by atoms with Crippen molar-refractivity contribution < 1.29 is 8.42 Å². The Hall–Kier alpha value is -0.400. The Morgan fingerprint density at radius 1 is 1.30 bits per heavy atom. The van der Waals surface area contributed by atoms with Crippen LogP contribution in [-0.2, 0) is 17.1 Å². The number of aromatic nitrogens is 2. The molecule has 2 rings (SSSR count). The van der Waals surface area contributed by atoms with Gasteiger partial charge in [0.1, 0.15) is 4.90 Å². The van der Waals surface area contributed by atoms with Gasteiger partial charge in [0.2, 0.25) is 10.0 Å². The minimum atomic E-state index is -3.49. The van der Waals surface area contributed by atoms with E-state index in [1.807, 2.05) is 0 Å². The van der Waals surface area contributed by atoms with E-state index in [-0.39, 0.29) is 10.9 Å². The van der Waals surface area contributed by atoms with E-state index in [4.69, 9.17) is 0 Å². The maximum Gasteiger partial charge on any atom is 0.246 e. The lowest BCUT2D eigenvalue weighted by Gasteiger charge is -2.34. The highest BCUT2D eigenvalue weighted by Gasteiger charge is 2.36. The third kappa shape index (κ3) is 2.67. The van der Waals surface area contributed by atoms with Gasteiger partial charge in [-0.25, -0.2) is 8.42 Å². The van der Waals surface area contributed by atoms with Crippen molar-refractivity contribution >= 4 is 26.0 Å². The Labute approximate surface area is 129 Å². The van der Waals surface area contributed by atoms with Gasteiger partial charge in [0.05, 0.1) is 11.4 Å². The number of hydrogen-bond acceptors (Lipinski definition) is 3. The highest BCUT2D eigenvalue weighted by Crippen LogP contribution is 2.32. The average Bonchev–Trinajstić information content (AvgIpc) is 2.63. The number of sulfonamides is 1. The predicted octanol–water partition coefficient (Wildman–Crippen LogP) is 2.36. The lowest BCUT2D eigenvalue weighted by Crippen LogP contribution is -2.44. The van der Waals surface area contributed by atoms with Crippen molar-refractivity contribution in [2.75, 3.05) is 7.05 Å². The van der Waals surface area contributed by atoms with Crippen molar-refractivity contribution in [3.8, 4) is 0 Å². The Balaban J connectivity index is 2.39. The number of alkyl halides is 1. The van der Waals surface area contributed by atoms with Gasteiger partial charge in [-0.1, -0.05) is 28.8 Å². The molecule has 0 saturated heterocycles. The summed E-state index contributed by atoms with van der Waals surface area (Å²) >= 11 is 3.64. The fraction of sp³-hybridized carbons (Fsp3) is 0.769. The van der Waals surface area contributed by atoms with Gasteiger partial charge in [-0.2, -0.15) is 9.40 Å². The summed E-state index contributed by atoms with van der Waals surface area (Å²) in [6, 6.07) is 0.0211. The van der Waals surface area contributed by atoms with Crippen LogP contribution in [0.15, 0.2) is 4.90 Å². The second kappa shape index (κ2) is 5.77. The van der Waals surface area contributed by atoms with Gasteiger partial charge in [0.15, 0.2) is 0 Å². The lowest BCUT2D eigenvalue weighted by molar-refractivity contribution is 0.297. The van der Waals surface area contributed by atoms with Crippen molar-refractivity contribution in [2.45, 2.75) is 55.3 Å². The van der Waals surface area contributed by atoms with E-state index in [9.17, 15) is 8.42 Å². The third-order valence-corrected chi connectivity index (χ3v) is 7.40. The fourth-order valence-electron chi connectivity index (χ4n) is 2.93. The molecule has 20 heavy (non-hydrogen) atoms. The van der Waals surface area contributed by atoms with Gasteiger partial charge in [0.25, 0.3) is 0 Å². The molecule has 0 radical (unpaired) electrons. The van der Waals surface area contributed by atoms with Crippen LogP contribution in [0.5, 0.6) is 0 Å². The molecule has 1 aliphatic rings. The zero-order chi connectivity index (χ0) is 15.1. The summed E-state index contributed by atoms with van der Waals surface area (Å²) in [7, 11) is -0.0330. The van der Waals surface area contributed by atoms with Gasteiger partial charge < -0.3 is 0 Å². The Kier molecular flexibility index (Phi) is 4.61. The predicted molar refractivity (Wildman–Crippen MR) is 82.6 cm³/mol. The van der Waals surface area contributed by atoms with Crippen molar-refractivity contribution in [3.63, 3.8) is 0 Å². The molecule has 5 nitrogen and oxygen atoms in total. The molecule has 1 saturated carbocycles. The second-order valence-corrected chi connectivity index (χ2v) is 8.62. The molecule has 1 heterocycles. The SMILES string of the molecule is Cc1nn(C)c(C)c1S(=O)(=O)N(C)C1CCCCC1Br. The molecule has 0 amide bonds. The van der Waals surface area contributed by atoms with Gasteiger partial charge in [-0.15, -0.1) is 0 Å². The molecular weight excluding hydrogens is 342 g/mol. The summed E-state index contributed by atoms with van der Waals surface area (Å²) in [5, 5.41) is 4.22. The molecular formula is C13H22BrN3O2S. The number of nitrogens with zero attached hydrogens (tertiary/aromatic N) is 3. The van der Waals surface area contributed by atoms with Crippen molar-refractivity contribution in [1.29, 1.82) is 0 Å². The van der Waals surface area contributed by atoms with Crippen LogP contribution in [0.1, 0.15) is 37.1 Å². The zero-order valence-corrected chi connectivity index (χ0v) is 14.8. The lowest BCUT2D eigenvalue weighted by atomic mass is 9.96. The van der Waals surface area contributed by atoms with E-state index in [2.05, 4.69) is 21.0 Å². The first-order valence-corrected chi connectivity index (χ1v) is 9.24. The average molecular weight is 364 g/mol. The zero-order valence-electron chi connectivity index (χ0n) is 12.4. The molecule has 0 spiro atoms. The molecule has 1 fully saturated rings. The van der Waals surface area contributed by atoms with Crippen molar-refractivity contribution in [1.82, 2.24) is 14.1 Å². The Morgan fingerprint density at radius 2 is 1.90 bits per heavy atom. The van der Waals surface area contributed by atoms with Crippen molar-refractivity contribution in [2.24, 2.45) is 7.05 Å². The van der Waals surface area contributed by atoms with E-state index in [0.29, 0.717) is 16.3 Å². The van der Waals surface area contributed by atoms with Crippen LogP contribution in [0, 0.1) is 13.8 Å². The molecule has 2 unspecified atom stereocenters. The molecule has 2 atom stereocenters. The smallest absolute Gasteiger partial charge is 0.246 e. The van der Waals surface area contributed by atoms with Crippen molar-refractivity contribution in [3.05, 3.63) is 11.4 Å². The molecule has 1 aromatic rings. The first kappa shape index (κ1) is 16.0. The third-order valence-electron chi connectivity index (χ3n) is 4.19. The highest BCUT2D eigenvalue weighted by atomic mass is 79.9. The van der Waals surface area contributed by atoms with E-state index < -0.39 is 10.0 Å². The van der Waals surface area contributed by atoms with Crippen LogP contribution in [0.4, 0.5) is 0 Å². The van der Waals surface area contributed by atoms with Gasteiger partial charge in [0, 0.05) is 25.0 Å². The fourth-order valence-corrected chi connectivity index (χ4v) is 5.84. The Morgan fingerprint density at radius 3 is 2.40 bits per heavy atom. The number of aryl methyl sites for hydroxylation is 2. The minimum Gasteiger partial charge on any atom is -0.271 e. The van der Waals surface area contributed by atoms with Crippen LogP contribution < -0.4 is 0 Å². The molecule has 7 heteroatoms. The number of rotatable bonds is 3. The number of hydrogen-bond donors (Lipinski definition) is 0. The van der Waals surface area contributed by atoms with Gasteiger partial charge in [-0.05, 0) is 26.7 Å². The first-order valence-electron chi connectivity index (χ1n) is 6.89. The summed E-state index contributed by atoms with van der Waals surface area (Å²) in [6.07, 6.45) is 4.17. The summed E-state index contributed by atoms with van der Waals surface area (Å²) in [5.74, 6) is 0. The topological polar surface area (TPSA) is 55.2 Å². The second-order valence-electron chi connectivity index (χ2n) is 5.51. The summed E-state index contributed by atoms with van der Waals surface area (Å²) in [5.41, 5.74) is 1.26. The standard InChI is InChI=1S/C13H22BrN3O2S/c1-9-13(10(2)16(3)15-9)20(18,19)17(4)12-8-6-5-7-11(12)14/h11-12H,5-8H2,1-4H3. The molecule has 114 valence electrons. The highest BCUT2D eigenvalue weighted by molar-refractivity contribution is 9.09. The Bertz CT molecular complexity index is 597. The normalized spacial score (nSPS) is 24.3. The van der Waals surface area contributed by atoms with Crippen LogP contribution in [0.3, 0.4) is 0 Å². The van der Waals surface area contributed by atoms with Crippen LogP contribution in [0.2, 0.25) is 0 Å². The molecule has 0 N–H and O–H groups in total. The monoisotopic (exact) mass is 363 g/mol. The van der Waals surface area contributed by atoms with E-state index in [1.54, 1.807) is 32.6 Å². The van der Waals surface area contributed by atoms with Gasteiger partial charge in [-0.3, -0.25) is 4.68 Å². The molecule has 0 aliphatic heterocycles. The first-order chi connectivity index (χ1) is 9.26. The summed E-state index contributed by atoms with van der Waals surface area (Å²) in [6.45, 7) is 3.55. The molecule has 1 aliphatic carbocycles. The van der Waals surface area contributed by atoms with Crippen LogP contribution >= 0.6 is 15.9 Å². The van der Waals surface area contributed by atoms with Crippen LogP contribution in [-0.4, -0.2) is 40.4 Å². The minimum absolute atomic E-state index is 0.0211. The maximum absolute atomic E-state index is 12.9. The summed E-state index contributed by atoms with van der Waals surface area (Å²) in [4.78, 5) is 0.584. The largest absolute Gasteiger partial charge is 0.271 e. The quantitative estimate of drug-likeness (QED) is 0.774. The van der Waals surface area contributed by atoms with Gasteiger partial charge >= 0.3 is 0 Å². The van der Waals surface area contributed by atoms with E-state index in [0.717, 1.165) is 25.7 Å². The molecule has 0 aromatic carbocycles. The summed E-state index contributed by atoms with van der Waals surface area (Å²) < 4.78 is 28.9. The molecule has 1 aromatic heterocycles. The maximum atomic E-state index is 12.9.